The number of hydrogen-bond acceptors (Lipinski definition) is 4. The van der Waals surface area contributed by atoms with Gasteiger partial charge in [0.15, 0.2) is 6.10 Å². The summed E-state index contributed by atoms with van der Waals surface area (Å²) in [6, 6.07) is 14.2. The van der Waals surface area contributed by atoms with Crippen LogP contribution in [-0.2, 0) is 11.3 Å². The number of carbonyl (C=O) groups is 1. The average Bonchev–Trinajstić information content (AvgIpc) is 3.03. The van der Waals surface area contributed by atoms with Crippen LogP contribution in [0.2, 0.25) is 0 Å². The molecule has 1 amide bonds. The van der Waals surface area contributed by atoms with Gasteiger partial charge in [0.1, 0.15) is 5.75 Å². The largest absolute Gasteiger partial charge is 0.478 e. The van der Waals surface area contributed by atoms with E-state index in [9.17, 15) is 4.79 Å². The van der Waals surface area contributed by atoms with Gasteiger partial charge in [-0.1, -0.05) is 31.2 Å². The number of benzene rings is 2. The van der Waals surface area contributed by atoms with Crippen molar-refractivity contribution in [3.63, 3.8) is 0 Å². The van der Waals surface area contributed by atoms with Crippen molar-refractivity contribution < 1.29 is 9.53 Å². The number of aryl methyl sites for hydroxylation is 3. The van der Waals surface area contributed by atoms with Crippen LogP contribution in [0.3, 0.4) is 0 Å². The molecular weight excluding hydrogens is 368 g/mol. The van der Waals surface area contributed by atoms with Crippen LogP contribution in [0.5, 0.6) is 5.75 Å². The number of fused-ring (bicyclic) bond motifs is 1. The van der Waals surface area contributed by atoms with Gasteiger partial charge in [-0.05, 0) is 56.5 Å². The number of nitrogens with zero attached hydrogens (tertiary/aromatic N) is 2. The Morgan fingerprint density at radius 3 is 2.61 bits per heavy atom. The van der Waals surface area contributed by atoms with Crippen LogP contribution in [0.25, 0.3) is 11.3 Å². The summed E-state index contributed by atoms with van der Waals surface area (Å²) in [5.74, 6) is 0.773. The van der Waals surface area contributed by atoms with Crippen LogP contribution < -0.4 is 9.64 Å². The van der Waals surface area contributed by atoms with E-state index in [1.165, 1.54) is 10.4 Å². The zero-order valence-corrected chi connectivity index (χ0v) is 17.5. The number of ether oxygens (including phenoxy) is 1. The summed E-state index contributed by atoms with van der Waals surface area (Å²) in [6.45, 7) is 8.70. The van der Waals surface area contributed by atoms with E-state index in [0.717, 1.165) is 33.3 Å². The van der Waals surface area contributed by atoms with Gasteiger partial charge in [0, 0.05) is 10.4 Å². The van der Waals surface area contributed by atoms with Gasteiger partial charge in [-0.3, -0.25) is 4.79 Å². The number of anilines is 1. The number of amides is 1. The molecule has 1 unspecified atom stereocenters. The number of thiazole rings is 1. The molecule has 0 spiro atoms. The molecule has 144 valence electrons. The van der Waals surface area contributed by atoms with Crippen LogP contribution in [0, 0.1) is 20.8 Å². The quantitative estimate of drug-likeness (QED) is 0.594. The third-order valence-electron chi connectivity index (χ3n) is 5.20. The maximum atomic E-state index is 13.1. The van der Waals surface area contributed by atoms with Crippen molar-refractivity contribution in [1.29, 1.82) is 0 Å². The highest BCUT2D eigenvalue weighted by atomic mass is 32.1. The number of aromatic nitrogens is 1. The van der Waals surface area contributed by atoms with Crippen molar-refractivity contribution in [2.24, 2.45) is 0 Å². The normalized spacial score (nSPS) is 16.1. The summed E-state index contributed by atoms with van der Waals surface area (Å²) in [4.78, 5) is 20.9. The Bertz CT molecular complexity index is 1040. The highest BCUT2D eigenvalue weighted by Gasteiger charge is 2.34. The third kappa shape index (κ3) is 3.31. The van der Waals surface area contributed by atoms with Gasteiger partial charge >= 0.3 is 0 Å². The summed E-state index contributed by atoms with van der Waals surface area (Å²) in [7, 11) is 0. The first kappa shape index (κ1) is 18.7. The molecule has 0 bridgehead atoms. The molecule has 1 atom stereocenters. The van der Waals surface area contributed by atoms with Crippen molar-refractivity contribution in [3.05, 3.63) is 63.5 Å². The molecule has 1 aliphatic heterocycles. The molecule has 0 fully saturated rings. The predicted molar refractivity (Wildman–Crippen MR) is 114 cm³/mol. The Kier molecular flexibility index (Phi) is 4.94. The number of carbonyl (C=O) groups excluding carboxylic acids is 1. The lowest BCUT2D eigenvalue weighted by molar-refractivity contribution is -0.126. The smallest absolute Gasteiger partial charge is 0.268 e. The summed E-state index contributed by atoms with van der Waals surface area (Å²) in [5, 5.41) is 1.04. The van der Waals surface area contributed by atoms with Gasteiger partial charge < -0.3 is 9.64 Å². The molecule has 0 saturated carbocycles. The summed E-state index contributed by atoms with van der Waals surface area (Å²) < 4.78 is 6.01. The van der Waals surface area contributed by atoms with Crippen LogP contribution in [0.15, 0.2) is 42.5 Å². The Morgan fingerprint density at radius 1 is 1.14 bits per heavy atom. The summed E-state index contributed by atoms with van der Waals surface area (Å²) >= 11 is 1.69. The van der Waals surface area contributed by atoms with E-state index in [1.54, 1.807) is 11.3 Å². The molecule has 0 radical (unpaired) electrons. The fourth-order valence-electron chi connectivity index (χ4n) is 3.65. The minimum atomic E-state index is -0.439. The van der Waals surface area contributed by atoms with E-state index in [-0.39, 0.29) is 5.91 Å². The van der Waals surface area contributed by atoms with Crippen LogP contribution in [0.4, 0.5) is 5.69 Å². The van der Waals surface area contributed by atoms with Gasteiger partial charge in [-0.2, -0.15) is 0 Å². The van der Waals surface area contributed by atoms with E-state index in [2.05, 4.69) is 31.0 Å². The zero-order valence-electron chi connectivity index (χ0n) is 16.7. The first-order chi connectivity index (χ1) is 13.5. The van der Waals surface area contributed by atoms with E-state index in [1.807, 2.05) is 49.1 Å². The number of hydrogen-bond donors (Lipinski definition) is 0. The van der Waals surface area contributed by atoms with Crippen LogP contribution in [-0.4, -0.2) is 17.0 Å². The zero-order chi connectivity index (χ0) is 19.8. The fraction of sp³-hybridized carbons (Fsp3) is 0.304. The second kappa shape index (κ2) is 7.40. The molecule has 0 saturated heterocycles. The highest BCUT2D eigenvalue weighted by molar-refractivity contribution is 7.11. The molecule has 0 aliphatic carbocycles. The van der Waals surface area contributed by atoms with Crippen LogP contribution >= 0.6 is 11.3 Å². The fourth-order valence-corrected chi connectivity index (χ4v) is 4.49. The average molecular weight is 393 g/mol. The Hall–Kier alpha value is -2.66. The van der Waals surface area contributed by atoms with E-state index < -0.39 is 6.10 Å². The SMILES string of the molecule is CCC1Oc2ccc(-c3nc(C)sc3C)cc2N(Cc2ccccc2C)C1=O. The minimum Gasteiger partial charge on any atom is -0.478 e. The topological polar surface area (TPSA) is 42.4 Å². The monoisotopic (exact) mass is 392 g/mol. The predicted octanol–water partition coefficient (Wildman–Crippen LogP) is 5.44. The first-order valence-electron chi connectivity index (χ1n) is 9.59. The molecule has 5 heteroatoms. The molecular formula is C23H24N2O2S. The first-order valence-corrected chi connectivity index (χ1v) is 10.4. The minimum absolute atomic E-state index is 0.0154. The highest BCUT2D eigenvalue weighted by Crippen LogP contribution is 2.40. The standard InChI is InChI=1S/C23H24N2O2S/c1-5-20-23(26)25(13-18-9-7-6-8-14(18)2)19-12-17(10-11-21(19)27-20)22-15(3)28-16(4)24-22/h6-12,20H,5,13H2,1-4H3. The van der Waals surface area contributed by atoms with Gasteiger partial charge in [0.25, 0.3) is 5.91 Å². The second-order valence-corrected chi connectivity index (χ2v) is 8.59. The van der Waals surface area contributed by atoms with Gasteiger partial charge in [0.05, 0.1) is 22.9 Å². The van der Waals surface area contributed by atoms with Gasteiger partial charge in [-0.15, -0.1) is 11.3 Å². The lowest BCUT2D eigenvalue weighted by Gasteiger charge is -2.34. The van der Waals surface area contributed by atoms with Crippen LogP contribution in [0.1, 0.15) is 34.4 Å². The van der Waals surface area contributed by atoms with Gasteiger partial charge in [0.2, 0.25) is 0 Å². The third-order valence-corrected chi connectivity index (χ3v) is 6.08. The molecule has 4 nitrogen and oxygen atoms in total. The second-order valence-electron chi connectivity index (χ2n) is 7.19. The Labute approximate surface area is 169 Å². The van der Waals surface area contributed by atoms with Gasteiger partial charge in [-0.25, -0.2) is 4.98 Å². The molecule has 3 aromatic rings. The molecule has 2 aromatic carbocycles. The molecule has 1 aromatic heterocycles. The van der Waals surface area contributed by atoms with E-state index in [0.29, 0.717) is 13.0 Å². The van der Waals surface area contributed by atoms with Crippen molar-refractivity contribution in [2.75, 3.05) is 4.90 Å². The molecule has 4 rings (SSSR count). The maximum Gasteiger partial charge on any atom is 0.268 e. The molecule has 28 heavy (non-hydrogen) atoms. The summed E-state index contributed by atoms with van der Waals surface area (Å²) in [5.41, 5.74) is 5.14. The molecule has 0 N–H and O–H groups in total. The molecule has 2 heterocycles. The maximum absolute atomic E-state index is 13.1. The Balaban J connectivity index is 1.80. The summed E-state index contributed by atoms with van der Waals surface area (Å²) in [6.07, 6.45) is 0.208. The molecule has 1 aliphatic rings. The van der Waals surface area contributed by atoms with Crippen molar-refractivity contribution in [3.8, 4) is 17.0 Å². The lowest BCUT2D eigenvalue weighted by Crippen LogP contribution is -2.45. The van der Waals surface area contributed by atoms with Crippen molar-refractivity contribution in [1.82, 2.24) is 4.98 Å². The Morgan fingerprint density at radius 2 is 1.93 bits per heavy atom. The van der Waals surface area contributed by atoms with E-state index >= 15 is 0 Å². The number of rotatable bonds is 4. The lowest BCUT2D eigenvalue weighted by atomic mass is 10.0. The van der Waals surface area contributed by atoms with Crippen molar-refractivity contribution >= 4 is 22.9 Å². The van der Waals surface area contributed by atoms with E-state index in [4.69, 9.17) is 4.74 Å². The van der Waals surface area contributed by atoms with Crippen molar-refractivity contribution in [2.45, 2.75) is 46.8 Å².